The van der Waals surface area contributed by atoms with Gasteiger partial charge in [-0.15, -0.1) is 0 Å². The van der Waals surface area contributed by atoms with Crippen molar-refractivity contribution in [2.24, 2.45) is 5.92 Å². The maximum Gasteiger partial charge on any atom is 0.228 e. The molecule has 38 heavy (non-hydrogen) atoms. The third kappa shape index (κ3) is 6.15. The minimum Gasteiger partial charge on any atom is -0.376 e. The first-order valence-electron chi connectivity index (χ1n) is 13.4. The highest BCUT2D eigenvalue weighted by molar-refractivity contribution is 7.90. The predicted octanol–water partition coefficient (Wildman–Crippen LogP) is 4.74. The SMILES string of the molecule is O=C(C1CCCC1)N(Cc1cnc(S(=O)(=O)Cc2ccccc2F)n1Cc1ccccc1)C[C@@H]1CCCO1. The Morgan fingerprint density at radius 3 is 2.47 bits per heavy atom. The molecule has 5 rings (SSSR count). The molecule has 2 heterocycles. The van der Waals surface area contributed by atoms with Crippen LogP contribution in [0.4, 0.5) is 4.39 Å². The van der Waals surface area contributed by atoms with Crippen LogP contribution in [0.5, 0.6) is 0 Å². The van der Waals surface area contributed by atoms with Crippen molar-refractivity contribution in [3.05, 3.63) is 83.4 Å². The number of nitrogens with zero attached hydrogens (tertiary/aromatic N) is 3. The van der Waals surface area contributed by atoms with Gasteiger partial charge in [0.1, 0.15) is 5.82 Å². The summed E-state index contributed by atoms with van der Waals surface area (Å²) in [6.07, 6.45) is 7.26. The molecule has 0 bridgehead atoms. The number of halogens is 1. The number of rotatable bonds is 10. The summed E-state index contributed by atoms with van der Waals surface area (Å²) >= 11 is 0. The van der Waals surface area contributed by atoms with Gasteiger partial charge >= 0.3 is 0 Å². The molecular formula is C29H34FN3O4S. The monoisotopic (exact) mass is 539 g/mol. The Balaban J connectivity index is 1.48. The van der Waals surface area contributed by atoms with E-state index >= 15 is 0 Å². The lowest BCUT2D eigenvalue weighted by Crippen LogP contribution is -2.40. The fraction of sp³-hybridized carbons (Fsp3) is 0.448. The van der Waals surface area contributed by atoms with E-state index in [0.29, 0.717) is 18.8 Å². The Morgan fingerprint density at radius 2 is 1.76 bits per heavy atom. The predicted molar refractivity (Wildman–Crippen MR) is 141 cm³/mol. The summed E-state index contributed by atoms with van der Waals surface area (Å²) in [6, 6.07) is 15.4. The van der Waals surface area contributed by atoms with E-state index in [9.17, 15) is 17.6 Å². The quantitative estimate of drug-likeness (QED) is 0.372. The molecule has 1 saturated heterocycles. The first-order valence-corrected chi connectivity index (χ1v) is 15.0. The molecule has 2 aliphatic rings. The van der Waals surface area contributed by atoms with Gasteiger partial charge in [-0.05, 0) is 37.3 Å². The summed E-state index contributed by atoms with van der Waals surface area (Å²) in [5.41, 5.74) is 1.63. The fourth-order valence-corrected chi connectivity index (χ4v) is 6.98. The second kappa shape index (κ2) is 11.8. The Kier molecular flexibility index (Phi) is 8.24. The molecule has 2 aromatic carbocycles. The molecule has 1 amide bonds. The second-order valence-corrected chi connectivity index (χ2v) is 12.2. The fourth-order valence-electron chi connectivity index (χ4n) is 5.48. The number of imidazole rings is 1. The number of amides is 1. The van der Waals surface area contributed by atoms with Crippen LogP contribution < -0.4 is 0 Å². The molecular weight excluding hydrogens is 505 g/mol. The minimum absolute atomic E-state index is 0.00819. The lowest BCUT2D eigenvalue weighted by Gasteiger charge is -2.28. The number of ether oxygens (including phenoxy) is 1. The van der Waals surface area contributed by atoms with Gasteiger partial charge < -0.3 is 14.2 Å². The van der Waals surface area contributed by atoms with E-state index in [0.717, 1.165) is 44.1 Å². The molecule has 3 aromatic rings. The van der Waals surface area contributed by atoms with E-state index in [1.165, 1.54) is 18.2 Å². The Bertz CT molecular complexity index is 1350. The van der Waals surface area contributed by atoms with E-state index in [-0.39, 0.29) is 41.7 Å². The highest BCUT2D eigenvalue weighted by Crippen LogP contribution is 2.29. The van der Waals surface area contributed by atoms with Gasteiger partial charge in [-0.1, -0.05) is 61.4 Å². The molecule has 7 nitrogen and oxygen atoms in total. The number of sulfone groups is 1. The lowest BCUT2D eigenvalue weighted by atomic mass is 10.1. The van der Waals surface area contributed by atoms with Gasteiger partial charge in [0.2, 0.25) is 20.9 Å². The van der Waals surface area contributed by atoms with Crippen LogP contribution in [-0.2, 0) is 38.2 Å². The van der Waals surface area contributed by atoms with Crippen LogP contribution in [0.1, 0.15) is 55.3 Å². The van der Waals surface area contributed by atoms with Gasteiger partial charge in [-0.3, -0.25) is 4.79 Å². The minimum atomic E-state index is -3.98. The topological polar surface area (TPSA) is 81.5 Å². The van der Waals surface area contributed by atoms with Crippen molar-refractivity contribution in [1.29, 1.82) is 0 Å². The number of hydrogen-bond acceptors (Lipinski definition) is 5. The van der Waals surface area contributed by atoms with Crippen LogP contribution in [0.25, 0.3) is 0 Å². The lowest BCUT2D eigenvalue weighted by molar-refractivity contribution is -0.137. The van der Waals surface area contributed by atoms with E-state index in [2.05, 4.69) is 4.98 Å². The van der Waals surface area contributed by atoms with Crippen molar-refractivity contribution in [3.8, 4) is 0 Å². The standard InChI is InChI=1S/C29H34FN3O4S/c30-27-15-7-6-13-24(27)21-38(35,36)29-31-17-25(33(29)18-22-9-2-1-3-10-22)19-32(20-26-14-8-16-37-26)28(34)23-11-4-5-12-23/h1-3,6-7,9-10,13,15,17,23,26H,4-5,8,11-12,14,16,18-21H2/t26-/m0/s1. The van der Waals surface area contributed by atoms with E-state index in [4.69, 9.17) is 4.74 Å². The zero-order valence-electron chi connectivity index (χ0n) is 21.5. The third-order valence-corrected chi connectivity index (χ3v) is 9.06. The van der Waals surface area contributed by atoms with Crippen LogP contribution in [0.15, 0.2) is 66.0 Å². The Hall–Kier alpha value is -3.04. The van der Waals surface area contributed by atoms with Gasteiger partial charge in [0, 0.05) is 24.6 Å². The van der Waals surface area contributed by atoms with Gasteiger partial charge in [0.05, 0.1) is 36.8 Å². The summed E-state index contributed by atoms with van der Waals surface area (Å²) in [4.78, 5) is 19.7. The number of carbonyl (C=O) groups excluding carboxylic acids is 1. The number of carbonyl (C=O) groups is 1. The van der Waals surface area contributed by atoms with Crippen LogP contribution in [0.3, 0.4) is 0 Å². The van der Waals surface area contributed by atoms with E-state index in [1.54, 1.807) is 16.8 Å². The molecule has 202 valence electrons. The van der Waals surface area contributed by atoms with Crippen molar-refractivity contribution in [2.45, 2.75) is 68.6 Å². The van der Waals surface area contributed by atoms with Crippen LogP contribution >= 0.6 is 0 Å². The van der Waals surface area contributed by atoms with Crippen LogP contribution in [0.2, 0.25) is 0 Å². The van der Waals surface area contributed by atoms with E-state index in [1.807, 2.05) is 35.2 Å². The number of benzene rings is 2. The highest BCUT2D eigenvalue weighted by atomic mass is 32.2. The van der Waals surface area contributed by atoms with Crippen molar-refractivity contribution in [1.82, 2.24) is 14.5 Å². The highest BCUT2D eigenvalue weighted by Gasteiger charge is 2.32. The zero-order valence-corrected chi connectivity index (χ0v) is 22.3. The molecule has 1 aromatic heterocycles. The van der Waals surface area contributed by atoms with E-state index < -0.39 is 21.4 Å². The molecule has 0 spiro atoms. The summed E-state index contributed by atoms with van der Waals surface area (Å²) < 4.78 is 48.9. The van der Waals surface area contributed by atoms with Gasteiger partial charge in [0.15, 0.2) is 0 Å². The first-order chi connectivity index (χ1) is 18.4. The maximum atomic E-state index is 14.3. The van der Waals surface area contributed by atoms with Gasteiger partial charge in [-0.2, -0.15) is 0 Å². The average Bonchev–Trinajstić information content (AvgIpc) is 3.69. The smallest absolute Gasteiger partial charge is 0.228 e. The summed E-state index contributed by atoms with van der Waals surface area (Å²) in [6.45, 7) is 1.68. The van der Waals surface area contributed by atoms with Gasteiger partial charge in [-0.25, -0.2) is 17.8 Å². The normalized spacial score (nSPS) is 18.2. The van der Waals surface area contributed by atoms with Crippen molar-refractivity contribution in [3.63, 3.8) is 0 Å². The third-order valence-electron chi connectivity index (χ3n) is 7.48. The van der Waals surface area contributed by atoms with Crippen LogP contribution in [-0.4, -0.2) is 48.0 Å². The van der Waals surface area contributed by atoms with Crippen molar-refractivity contribution < 1.29 is 22.3 Å². The van der Waals surface area contributed by atoms with Crippen LogP contribution in [0, 0.1) is 11.7 Å². The summed E-state index contributed by atoms with van der Waals surface area (Å²) in [5, 5.41) is -0.120. The second-order valence-electron chi connectivity index (χ2n) is 10.3. The number of aromatic nitrogens is 2. The molecule has 0 N–H and O–H groups in total. The molecule has 1 aliphatic carbocycles. The molecule has 1 aliphatic heterocycles. The Morgan fingerprint density at radius 1 is 1.03 bits per heavy atom. The van der Waals surface area contributed by atoms with Crippen molar-refractivity contribution in [2.75, 3.05) is 13.2 Å². The molecule has 9 heteroatoms. The molecule has 2 fully saturated rings. The number of hydrogen-bond donors (Lipinski definition) is 0. The van der Waals surface area contributed by atoms with Crippen molar-refractivity contribution >= 4 is 15.7 Å². The molecule has 0 radical (unpaired) electrons. The van der Waals surface area contributed by atoms with Gasteiger partial charge in [0.25, 0.3) is 0 Å². The first kappa shape index (κ1) is 26.6. The molecule has 0 unspecified atom stereocenters. The summed E-state index contributed by atoms with van der Waals surface area (Å²) in [7, 11) is -3.98. The Labute approximate surface area is 223 Å². The maximum absolute atomic E-state index is 14.3. The summed E-state index contributed by atoms with van der Waals surface area (Å²) in [5.74, 6) is -0.972. The largest absolute Gasteiger partial charge is 0.376 e. The average molecular weight is 540 g/mol. The zero-order chi connectivity index (χ0) is 26.5. The molecule has 1 saturated carbocycles. The molecule has 1 atom stereocenters.